The average Bonchev–Trinajstić information content (AvgIpc) is 2.80. The minimum Gasteiger partial charge on any atom is -0.415 e. The lowest BCUT2D eigenvalue weighted by molar-refractivity contribution is -0.0530. The van der Waals surface area contributed by atoms with Gasteiger partial charge in [-0.1, -0.05) is 13.8 Å². The molecule has 0 N–H and O–H groups in total. The van der Waals surface area contributed by atoms with Crippen LogP contribution in [-0.2, 0) is 0 Å². The molecule has 0 aromatic carbocycles. The maximum Gasteiger partial charge on any atom is 0.388 e. The Morgan fingerprint density at radius 2 is 1.94 bits per heavy atom. The van der Waals surface area contributed by atoms with E-state index in [1.165, 1.54) is 29.1 Å². The number of halogens is 3. The van der Waals surface area contributed by atoms with E-state index in [1.54, 1.807) is 0 Å². The molecule has 0 aliphatic carbocycles. The molecule has 4 nitrogen and oxygen atoms in total. The van der Waals surface area contributed by atoms with Crippen molar-refractivity contribution in [1.29, 1.82) is 0 Å². The summed E-state index contributed by atoms with van der Waals surface area (Å²) in [6.07, 6.45) is 2.39. The lowest BCUT2D eigenvalue weighted by atomic mass is 10.4. The van der Waals surface area contributed by atoms with E-state index in [0.29, 0.717) is 5.82 Å². The van der Waals surface area contributed by atoms with Crippen molar-refractivity contribution in [2.45, 2.75) is 20.5 Å². The first-order valence-corrected chi connectivity index (χ1v) is 5.27. The van der Waals surface area contributed by atoms with E-state index in [0.717, 1.165) is 6.20 Å². The Bertz CT molecular complexity index is 471. The Kier molecular flexibility index (Phi) is 5.16. The van der Waals surface area contributed by atoms with Gasteiger partial charge < -0.3 is 4.74 Å². The third kappa shape index (κ3) is 3.76. The summed E-state index contributed by atoms with van der Waals surface area (Å²) in [6, 6.07) is 3.82. The molecule has 0 saturated carbocycles. The number of alkyl halides is 2. The highest BCUT2D eigenvalue weighted by Crippen LogP contribution is 2.12. The minimum atomic E-state index is -2.93. The van der Waals surface area contributed by atoms with Gasteiger partial charge in [-0.05, 0) is 12.1 Å². The van der Waals surface area contributed by atoms with Crippen LogP contribution in [0.5, 0.6) is 5.88 Å². The van der Waals surface area contributed by atoms with Crippen LogP contribution < -0.4 is 4.74 Å². The Morgan fingerprint density at radius 3 is 2.50 bits per heavy atom. The van der Waals surface area contributed by atoms with Crippen LogP contribution in [0, 0.1) is 5.82 Å². The Labute approximate surface area is 102 Å². The second-order valence-corrected chi connectivity index (χ2v) is 2.81. The number of aromatic nitrogens is 3. The zero-order chi connectivity index (χ0) is 13.5. The highest BCUT2D eigenvalue weighted by atomic mass is 19.3. The maximum absolute atomic E-state index is 12.6. The zero-order valence-corrected chi connectivity index (χ0v) is 9.85. The summed E-state index contributed by atoms with van der Waals surface area (Å²) in [5, 5.41) is 3.68. The van der Waals surface area contributed by atoms with E-state index in [-0.39, 0.29) is 5.88 Å². The van der Waals surface area contributed by atoms with Crippen LogP contribution in [0.1, 0.15) is 13.8 Å². The van der Waals surface area contributed by atoms with Gasteiger partial charge in [0.2, 0.25) is 5.88 Å². The number of hydrogen-bond acceptors (Lipinski definition) is 3. The van der Waals surface area contributed by atoms with Crippen molar-refractivity contribution in [3.63, 3.8) is 0 Å². The van der Waals surface area contributed by atoms with Gasteiger partial charge in [-0.15, -0.1) is 5.10 Å². The highest BCUT2D eigenvalue weighted by Gasteiger charge is 2.08. The summed E-state index contributed by atoms with van der Waals surface area (Å²) in [5.74, 6) is -0.397. The van der Waals surface area contributed by atoms with Crippen LogP contribution in [0.15, 0.2) is 30.6 Å². The van der Waals surface area contributed by atoms with Crippen molar-refractivity contribution in [1.82, 2.24) is 14.8 Å². The Balaban J connectivity index is 0.000000771. The van der Waals surface area contributed by atoms with Crippen LogP contribution in [0.4, 0.5) is 13.2 Å². The zero-order valence-electron chi connectivity index (χ0n) is 9.85. The molecule has 2 aromatic rings. The fraction of sp³-hybridized carbons (Fsp3) is 0.273. The maximum atomic E-state index is 12.6. The van der Waals surface area contributed by atoms with Crippen molar-refractivity contribution in [2.24, 2.45) is 0 Å². The Morgan fingerprint density at radius 1 is 1.22 bits per heavy atom. The molecule has 2 rings (SSSR count). The molecule has 7 heteroatoms. The van der Waals surface area contributed by atoms with E-state index in [1.807, 2.05) is 13.8 Å². The lowest BCUT2D eigenvalue weighted by Crippen LogP contribution is -2.04. The first kappa shape index (κ1) is 14.0. The first-order valence-electron chi connectivity index (χ1n) is 5.27. The summed E-state index contributed by atoms with van der Waals surface area (Å²) < 4.78 is 41.5. The normalized spacial score (nSPS) is 9.89. The average molecular weight is 259 g/mol. The van der Waals surface area contributed by atoms with Crippen LogP contribution >= 0.6 is 0 Å². The molecule has 98 valence electrons. The highest BCUT2D eigenvalue weighted by molar-refractivity contribution is 5.22. The van der Waals surface area contributed by atoms with E-state index >= 15 is 0 Å². The van der Waals surface area contributed by atoms with E-state index in [9.17, 15) is 13.2 Å². The largest absolute Gasteiger partial charge is 0.415 e. The molecule has 0 spiro atoms. The SMILES string of the molecule is CC.Fc1ccc(-n2ccc(OC(F)F)n2)nc1. The number of ether oxygens (including phenoxy) is 1. The minimum absolute atomic E-state index is 0.221. The second kappa shape index (κ2) is 6.63. The smallest absolute Gasteiger partial charge is 0.388 e. The summed E-state index contributed by atoms with van der Waals surface area (Å²) in [6.45, 7) is 1.07. The van der Waals surface area contributed by atoms with Crippen molar-refractivity contribution in [3.8, 4) is 11.7 Å². The fourth-order valence-electron chi connectivity index (χ4n) is 1.09. The third-order valence-electron chi connectivity index (χ3n) is 1.72. The number of hydrogen-bond donors (Lipinski definition) is 0. The van der Waals surface area contributed by atoms with Gasteiger partial charge in [0, 0.05) is 12.3 Å². The van der Waals surface area contributed by atoms with Gasteiger partial charge in [0.05, 0.1) is 6.20 Å². The van der Waals surface area contributed by atoms with Crippen LogP contribution in [0.3, 0.4) is 0 Å². The van der Waals surface area contributed by atoms with Gasteiger partial charge in [0.25, 0.3) is 0 Å². The molecule has 18 heavy (non-hydrogen) atoms. The Hall–Kier alpha value is -2.05. The molecular weight excluding hydrogens is 247 g/mol. The van der Waals surface area contributed by atoms with Crippen LogP contribution in [0.2, 0.25) is 0 Å². The van der Waals surface area contributed by atoms with Gasteiger partial charge in [-0.2, -0.15) is 8.78 Å². The van der Waals surface area contributed by atoms with Crippen molar-refractivity contribution in [3.05, 3.63) is 36.4 Å². The molecule has 0 atom stereocenters. The first-order chi connectivity index (χ1) is 8.65. The van der Waals surface area contributed by atoms with E-state index < -0.39 is 12.4 Å². The third-order valence-corrected chi connectivity index (χ3v) is 1.72. The molecule has 0 unspecified atom stereocenters. The molecule has 2 aromatic heterocycles. The monoisotopic (exact) mass is 259 g/mol. The van der Waals surface area contributed by atoms with Gasteiger partial charge in [-0.3, -0.25) is 0 Å². The summed E-state index contributed by atoms with van der Waals surface area (Å²) in [4.78, 5) is 3.72. The fourth-order valence-corrected chi connectivity index (χ4v) is 1.09. The quantitative estimate of drug-likeness (QED) is 0.850. The predicted octanol–water partition coefficient (Wildman–Crippen LogP) is 3.03. The van der Waals surface area contributed by atoms with Gasteiger partial charge in [0.15, 0.2) is 5.82 Å². The molecular formula is C11H12F3N3O. The molecule has 0 aliphatic rings. The predicted molar refractivity (Wildman–Crippen MR) is 59.3 cm³/mol. The number of nitrogens with zero attached hydrogens (tertiary/aromatic N) is 3. The van der Waals surface area contributed by atoms with Crippen molar-refractivity contribution in [2.75, 3.05) is 0 Å². The van der Waals surface area contributed by atoms with Crippen molar-refractivity contribution < 1.29 is 17.9 Å². The molecule has 0 bridgehead atoms. The molecule has 0 aliphatic heterocycles. The summed E-state index contributed by atoms with van der Waals surface area (Å²) >= 11 is 0. The van der Waals surface area contributed by atoms with E-state index in [2.05, 4.69) is 14.8 Å². The lowest BCUT2D eigenvalue weighted by Gasteiger charge is -2.00. The number of rotatable bonds is 3. The molecule has 0 fully saturated rings. The standard InChI is InChI=1S/C9H6F3N3O.C2H6/c10-6-1-2-7(13-5-6)15-4-3-8(14-15)16-9(11)12;1-2/h1-5,9H;1-2H3. The summed E-state index contributed by atoms with van der Waals surface area (Å²) in [5.41, 5.74) is 0. The van der Waals surface area contributed by atoms with Gasteiger partial charge in [0.1, 0.15) is 5.82 Å². The number of pyridine rings is 1. The van der Waals surface area contributed by atoms with Crippen molar-refractivity contribution >= 4 is 0 Å². The molecule has 0 radical (unpaired) electrons. The second-order valence-electron chi connectivity index (χ2n) is 2.81. The molecule has 2 heterocycles. The molecule has 0 saturated heterocycles. The van der Waals surface area contributed by atoms with Gasteiger partial charge >= 0.3 is 6.61 Å². The topological polar surface area (TPSA) is 39.9 Å². The summed E-state index contributed by atoms with van der Waals surface area (Å²) in [7, 11) is 0. The van der Waals surface area contributed by atoms with Gasteiger partial charge in [-0.25, -0.2) is 14.1 Å². The van der Waals surface area contributed by atoms with Crippen LogP contribution in [-0.4, -0.2) is 21.4 Å². The molecule has 0 amide bonds. The van der Waals surface area contributed by atoms with E-state index in [4.69, 9.17) is 0 Å². The van der Waals surface area contributed by atoms with Crippen LogP contribution in [0.25, 0.3) is 5.82 Å².